The molecule has 0 aromatic rings. The summed E-state index contributed by atoms with van der Waals surface area (Å²) in [5, 5.41) is 0. The highest BCUT2D eigenvalue weighted by molar-refractivity contribution is 5.82. The zero-order valence-corrected chi connectivity index (χ0v) is 10.5. The summed E-state index contributed by atoms with van der Waals surface area (Å²) < 4.78 is 23.1. The Morgan fingerprint density at radius 3 is 2.41 bits per heavy atom. The lowest BCUT2D eigenvalue weighted by Gasteiger charge is -2.27. The van der Waals surface area contributed by atoms with E-state index in [9.17, 15) is 14.0 Å². The number of nitrogens with zero attached hydrogens (tertiary/aromatic N) is 1. The number of rotatable bonds is 1. The molecule has 0 spiro atoms. The van der Waals surface area contributed by atoms with Crippen LogP contribution in [0.4, 0.5) is 9.18 Å². The number of ether oxygens (including phenoxy) is 2. The molecule has 5 nitrogen and oxygen atoms in total. The van der Waals surface area contributed by atoms with E-state index in [-0.39, 0.29) is 13.0 Å². The van der Waals surface area contributed by atoms with Crippen LogP contribution in [0.25, 0.3) is 0 Å². The van der Waals surface area contributed by atoms with Gasteiger partial charge in [0.2, 0.25) is 0 Å². The number of likely N-dealkylation sites (tertiary alicyclic amines) is 1. The number of amides is 1. The van der Waals surface area contributed by atoms with Crippen molar-refractivity contribution < 1.29 is 23.5 Å². The van der Waals surface area contributed by atoms with Crippen LogP contribution in [0.15, 0.2) is 0 Å². The Morgan fingerprint density at radius 2 is 1.94 bits per heavy atom. The second-order valence-electron chi connectivity index (χ2n) is 4.95. The number of carbonyl (C=O) groups is 2. The molecule has 0 N–H and O–H groups in total. The first kappa shape index (κ1) is 13.7. The monoisotopic (exact) mass is 247 g/mol. The quantitative estimate of drug-likeness (QED) is 0.659. The van der Waals surface area contributed by atoms with Crippen LogP contribution in [-0.4, -0.2) is 48.4 Å². The molecule has 6 heteroatoms. The average molecular weight is 247 g/mol. The highest BCUT2D eigenvalue weighted by atomic mass is 19.1. The van der Waals surface area contributed by atoms with E-state index in [0.29, 0.717) is 0 Å². The molecule has 2 atom stereocenters. The van der Waals surface area contributed by atoms with E-state index < -0.39 is 29.9 Å². The molecule has 1 saturated heterocycles. The van der Waals surface area contributed by atoms with Gasteiger partial charge < -0.3 is 9.47 Å². The summed E-state index contributed by atoms with van der Waals surface area (Å²) >= 11 is 0. The maximum absolute atomic E-state index is 13.5. The van der Waals surface area contributed by atoms with E-state index >= 15 is 0 Å². The van der Waals surface area contributed by atoms with Gasteiger partial charge in [0.25, 0.3) is 0 Å². The summed E-state index contributed by atoms with van der Waals surface area (Å²) in [6.07, 6.45) is -1.96. The van der Waals surface area contributed by atoms with Gasteiger partial charge in [-0.1, -0.05) is 0 Å². The van der Waals surface area contributed by atoms with Crippen LogP contribution >= 0.6 is 0 Å². The highest BCUT2D eigenvalue weighted by Gasteiger charge is 2.44. The van der Waals surface area contributed by atoms with Crippen molar-refractivity contribution in [2.45, 2.75) is 45.0 Å². The summed E-state index contributed by atoms with van der Waals surface area (Å²) in [5.41, 5.74) is -0.674. The Morgan fingerprint density at radius 1 is 1.35 bits per heavy atom. The highest BCUT2D eigenvalue weighted by Crippen LogP contribution is 2.24. The van der Waals surface area contributed by atoms with Crippen LogP contribution in [-0.2, 0) is 14.3 Å². The van der Waals surface area contributed by atoms with Gasteiger partial charge in [0.15, 0.2) is 6.04 Å². The van der Waals surface area contributed by atoms with Crippen LogP contribution in [0.2, 0.25) is 0 Å². The lowest BCUT2D eigenvalue weighted by molar-refractivity contribution is -0.147. The van der Waals surface area contributed by atoms with Crippen molar-refractivity contribution in [3.05, 3.63) is 0 Å². The third kappa shape index (κ3) is 3.31. The molecule has 0 aromatic carbocycles. The molecule has 0 aromatic heterocycles. The number of hydrogen-bond donors (Lipinski definition) is 0. The predicted octanol–water partition coefficient (Wildman–Crippen LogP) is 1.51. The normalized spacial score (nSPS) is 24.6. The SMILES string of the molecule is COC(=O)[C@@H]1[C@@H](F)CCN1C(=O)OC(C)(C)C. The van der Waals surface area contributed by atoms with Gasteiger partial charge in [-0.05, 0) is 27.2 Å². The molecule has 1 aliphatic heterocycles. The first-order valence-electron chi connectivity index (χ1n) is 5.48. The number of alkyl halides is 1. The van der Waals surface area contributed by atoms with E-state index in [2.05, 4.69) is 4.74 Å². The molecule has 98 valence electrons. The summed E-state index contributed by atoms with van der Waals surface area (Å²) in [6.45, 7) is 5.29. The fraction of sp³-hybridized carbons (Fsp3) is 0.818. The Hall–Kier alpha value is -1.33. The predicted molar refractivity (Wildman–Crippen MR) is 58.3 cm³/mol. The molecule has 0 unspecified atom stereocenters. The molecule has 17 heavy (non-hydrogen) atoms. The summed E-state index contributed by atoms with van der Waals surface area (Å²) in [4.78, 5) is 24.2. The Labute approximate surface area is 99.9 Å². The van der Waals surface area contributed by atoms with Gasteiger partial charge in [-0.15, -0.1) is 0 Å². The fourth-order valence-corrected chi connectivity index (χ4v) is 1.68. The van der Waals surface area contributed by atoms with Gasteiger partial charge in [-0.3, -0.25) is 4.90 Å². The van der Waals surface area contributed by atoms with Crippen molar-refractivity contribution in [1.82, 2.24) is 4.90 Å². The van der Waals surface area contributed by atoms with Gasteiger partial charge in [-0.2, -0.15) is 0 Å². The molecule has 0 bridgehead atoms. The second-order valence-corrected chi connectivity index (χ2v) is 4.95. The zero-order valence-electron chi connectivity index (χ0n) is 10.5. The number of carbonyl (C=O) groups excluding carboxylic acids is 2. The number of halogens is 1. The van der Waals surface area contributed by atoms with E-state index in [1.54, 1.807) is 20.8 Å². The first-order valence-corrected chi connectivity index (χ1v) is 5.48. The van der Waals surface area contributed by atoms with Crippen molar-refractivity contribution in [2.75, 3.05) is 13.7 Å². The summed E-state index contributed by atoms with van der Waals surface area (Å²) in [5.74, 6) is -0.749. The number of hydrogen-bond acceptors (Lipinski definition) is 4. The van der Waals surface area contributed by atoms with Crippen LogP contribution in [0, 0.1) is 0 Å². The van der Waals surface area contributed by atoms with Crippen LogP contribution in [0.1, 0.15) is 27.2 Å². The minimum absolute atomic E-state index is 0.124. The molecule has 1 heterocycles. The topological polar surface area (TPSA) is 55.8 Å². The van der Waals surface area contributed by atoms with Gasteiger partial charge in [-0.25, -0.2) is 14.0 Å². The summed E-state index contributed by atoms with van der Waals surface area (Å²) in [6, 6.07) is -1.19. The molecular weight excluding hydrogens is 229 g/mol. The Bertz CT molecular complexity index is 313. The molecule has 1 rings (SSSR count). The van der Waals surface area contributed by atoms with Crippen molar-refractivity contribution in [3.8, 4) is 0 Å². The minimum Gasteiger partial charge on any atom is -0.467 e. The van der Waals surface area contributed by atoms with Crippen LogP contribution in [0.5, 0.6) is 0 Å². The lowest BCUT2D eigenvalue weighted by atomic mass is 10.2. The van der Waals surface area contributed by atoms with Crippen molar-refractivity contribution in [2.24, 2.45) is 0 Å². The molecule has 1 amide bonds. The largest absolute Gasteiger partial charge is 0.467 e. The second kappa shape index (κ2) is 4.89. The molecule has 0 aliphatic carbocycles. The third-order valence-electron chi connectivity index (χ3n) is 2.39. The third-order valence-corrected chi connectivity index (χ3v) is 2.39. The maximum Gasteiger partial charge on any atom is 0.411 e. The molecule has 1 fully saturated rings. The molecule has 0 saturated carbocycles. The average Bonchev–Trinajstić information content (AvgIpc) is 2.56. The zero-order chi connectivity index (χ0) is 13.2. The van der Waals surface area contributed by atoms with E-state index in [1.165, 1.54) is 7.11 Å². The standard InChI is InChI=1S/C11H18FNO4/c1-11(2,3)17-10(15)13-6-5-7(12)8(13)9(14)16-4/h7-8H,5-6H2,1-4H3/t7-,8-/m0/s1. The Balaban J connectivity index is 2.76. The van der Waals surface area contributed by atoms with Gasteiger partial charge in [0.05, 0.1) is 7.11 Å². The fourth-order valence-electron chi connectivity index (χ4n) is 1.68. The number of methoxy groups -OCH3 is 1. The first-order chi connectivity index (χ1) is 7.76. The Kier molecular flexibility index (Phi) is 3.95. The maximum atomic E-state index is 13.5. The van der Waals surface area contributed by atoms with Gasteiger partial charge >= 0.3 is 12.1 Å². The van der Waals surface area contributed by atoms with Crippen molar-refractivity contribution in [3.63, 3.8) is 0 Å². The summed E-state index contributed by atoms with van der Waals surface area (Å²) in [7, 11) is 1.17. The van der Waals surface area contributed by atoms with E-state index in [0.717, 1.165) is 4.90 Å². The van der Waals surface area contributed by atoms with Crippen molar-refractivity contribution in [1.29, 1.82) is 0 Å². The van der Waals surface area contributed by atoms with Crippen molar-refractivity contribution >= 4 is 12.1 Å². The van der Waals surface area contributed by atoms with E-state index in [1.807, 2.05) is 0 Å². The lowest BCUT2D eigenvalue weighted by Crippen LogP contribution is -2.46. The minimum atomic E-state index is -1.39. The smallest absolute Gasteiger partial charge is 0.411 e. The molecular formula is C11H18FNO4. The van der Waals surface area contributed by atoms with Gasteiger partial charge in [0.1, 0.15) is 11.8 Å². The number of esters is 1. The van der Waals surface area contributed by atoms with Crippen LogP contribution in [0.3, 0.4) is 0 Å². The van der Waals surface area contributed by atoms with E-state index in [4.69, 9.17) is 4.74 Å². The van der Waals surface area contributed by atoms with Crippen LogP contribution < -0.4 is 0 Å². The molecule has 1 aliphatic rings. The van der Waals surface area contributed by atoms with Gasteiger partial charge in [0, 0.05) is 6.54 Å². The molecule has 0 radical (unpaired) electrons.